The minimum absolute atomic E-state index is 0.119. The zero-order valence-corrected chi connectivity index (χ0v) is 14.1. The molecule has 2 aromatic rings. The van der Waals surface area contributed by atoms with Crippen molar-refractivity contribution in [3.63, 3.8) is 0 Å². The number of nitrogens with two attached hydrogens (primary N) is 1. The van der Waals surface area contributed by atoms with Crippen molar-refractivity contribution in [2.75, 3.05) is 0 Å². The lowest BCUT2D eigenvalue weighted by atomic mass is 10.0. The number of hydrogen-bond donors (Lipinski definition) is 1. The number of benzene rings is 1. The second kappa shape index (κ2) is 5.56. The molecule has 19 heavy (non-hydrogen) atoms. The van der Waals surface area contributed by atoms with Crippen LogP contribution in [-0.4, -0.2) is 6.10 Å². The molecule has 0 aliphatic heterocycles. The normalized spacial score (nSPS) is 16.4. The second-order valence-electron chi connectivity index (χ2n) is 4.64. The zero-order chi connectivity index (χ0) is 13.4. The van der Waals surface area contributed by atoms with Crippen molar-refractivity contribution in [3.05, 3.63) is 49.0 Å². The fourth-order valence-electron chi connectivity index (χ4n) is 1.88. The Morgan fingerprint density at radius 2 is 1.89 bits per heavy atom. The lowest BCUT2D eigenvalue weighted by Gasteiger charge is -2.12. The van der Waals surface area contributed by atoms with E-state index in [1.54, 1.807) is 11.3 Å². The summed E-state index contributed by atoms with van der Waals surface area (Å²) in [6, 6.07) is 10.0. The van der Waals surface area contributed by atoms with E-state index < -0.39 is 0 Å². The van der Waals surface area contributed by atoms with E-state index in [1.807, 2.05) is 24.3 Å². The lowest BCUT2D eigenvalue weighted by Crippen LogP contribution is -2.11. The summed E-state index contributed by atoms with van der Waals surface area (Å²) in [4.78, 5) is 0. The van der Waals surface area contributed by atoms with Gasteiger partial charge in [-0.15, -0.1) is 11.3 Å². The summed E-state index contributed by atoms with van der Waals surface area (Å²) < 4.78 is 7.89. The van der Waals surface area contributed by atoms with E-state index >= 15 is 0 Å². The Kier molecular flexibility index (Phi) is 3.98. The number of thiophene rings is 1. The molecule has 1 atom stereocenters. The maximum absolute atomic E-state index is 6.31. The Morgan fingerprint density at radius 1 is 1.21 bits per heavy atom. The molecule has 5 heteroatoms. The largest absolute Gasteiger partial charge is 0.490 e. The fourth-order valence-corrected chi connectivity index (χ4v) is 4.81. The molecule has 1 unspecified atom stereocenters. The van der Waals surface area contributed by atoms with Crippen LogP contribution in [0.3, 0.4) is 0 Å². The van der Waals surface area contributed by atoms with E-state index in [9.17, 15) is 0 Å². The smallest absolute Gasteiger partial charge is 0.119 e. The maximum atomic E-state index is 6.31. The van der Waals surface area contributed by atoms with Gasteiger partial charge in [0.05, 0.1) is 19.7 Å². The highest BCUT2D eigenvalue weighted by Gasteiger charge is 2.23. The third-order valence-corrected chi connectivity index (χ3v) is 5.47. The van der Waals surface area contributed by atoms with Gasteiger partial charge in [0.25, 0.3) is 0 Å². The molecule has 1 heterocycles. The van der Waals surface area contributed by atoms with Gasteiger partial charge in [0.2, 0.25) is 0 Å². The molecule has 0 amide bonds. The van der Waals surface area contributed by atoms with E-state index in [4.69, 9.17) is 10.5 Å². The summed E-state index contributed by atoms with van der Waals surface area (Å²) in [5, 5.41) is 0. The van der Waals surface area contributed by atoms with E-state index in [0.717, 1.165) is 24.4 Å². The third kappa shape index (κ3) is 3.21. The van der Waals surface area contributed by atoms with Crippen LogP contribution in [0.1, 0.15) is 30.0 Å². The number of hydrogen-bond acceptors (Lipinski definition) is 3. The molecule has 2 N–H and O–H groups in total. The maximum Gasteiger partial charge on any atom is 0.119 e. The molecule has 1 saturated carbocycles. The topological polar surface area (TPSA) is 35.2 Å². The Morgan fingerprint density at radius 3 is 2.42 bits per heavy atom. The monoisotopic (exact) mass is 401 g/mol. The Labute approximate surface area is 133 Å². The molecule has 1 aliphatic carbocycles. The molecule has 0 bridgehead atoms. The Hall–Kier alpha value is -0.360. The first-order chi connectivity index (χ1) is 9.13. The van der Waals surface area contributed by atoms with E-state index in [1.165, 1.54) is 12.8 Å². The van der Waals surface area contributed by atoms with Gasteiger partial charge in [-0.3, -0.25) is 0 Å². The minimum Gasteiger partial charge on any atom is -0.490 e. The summed E-state index contributed by atoms with van der Waals surface area (Å²) in [6.45, 7) is 0. The molecule has 2 nitrogen and oxygen atoms in total. The average Bonchev–Trinajstić information content (AvgIpc) is 3.13. The van der Waals surface area contributed by atoms with Gasteiger partial charge in [-0.1, -0.05) is 12.1 Å². The van der Waals surface area contributed by atoms with Crippen molar-refractivity contribution < 1.29 is 4.74 Å². The van der Waals surface area contributed by atoms with E-state index in [2.05, 4.69) is 37.9 Å². The van der Waals surface area contributed by atoms with Crippen LogP contribution in [0.5, 0.6) is 5.75 Å². The van der Waals surface area contributed by atoms with Crippen LogP contribution in [0.15, 0.2) is 37.9 Å². The molecule has 1 aromatic heterocycles. The van der Waals surface area contributed by atoms with Crippen LogP contribution in [0.4, 0.5) is 0 Å². The number of rotatable bonds is 4. The van der Waals surface area contributed by atoms with Crippen molar-refractivity contribution in [2.45, 2.75) is 25.0 Å². The van der Waals surface area contributed by atoms with Crippen molar-refractivity contribution in [1.29, 1.82) is 0 Å². The summed E-state index contributed by atoms with van der Waals surface area (Å²) in [6.07, 6.45) is 2.79. The second-order valence-corrected chi connectivity index (χ2v) is 8.39. The summed E-state index contributed by atoms with van der Waals surface area (Å²) in [7, 11) is 0. The molecular weight excluding hydrogens is 390 g/mol. The summed E-state index contributed by atoms with van der Waals surface area (Å²) in [5.74, 6) is 0.934. The quantitative estimate of drug-likeness (QED) is 0.792. The van der Waals surface area contributed by atoms with Crippen molar-refractivity contribution in [2.24, 2.45) is 5.73 Å². The minimum atomic E-state index is -0.119. The Bertz CT molecular complexity index is 578. The van der Waals surface area contributed by atoms with Gasteiger partial charge in [-0.25, -0.2) is 0 Å². The fraction of sp³-hybridized carbons (Fsp3) is 0.286. The van der Waals surface area contributed by atoms with Gasteiger partial charge < -0.3 is 10.5 Å². The molecule has 3 rings (SSSR count). The first-order valence-electron chi connectivity index (χ1n) is 6.10. The highest BCUT2D eigenvalue weighted by Crippen LogP contribution is 2.37. The Balaban J connectivity index is 1.78. The molecule has 1 aliphatic rings. The standard InChI is InChI=1S/C14H13Br2NOS/c15-12-7-11(14(16)19-12)13(17)8-1-3-9(4-2-8)18-10-5-6-10/h1-4,7,10,13H,5-6,17H2. The number of ether oxygens (including phenoxy) is 1. The zero-order valence-electron chi connectivity index (χ0n) is 10.1. The van der Waals surface area contributed by atoms with Crippen LogP contribution < -0.4 is 10.5 Å². The van der Waals surface area contributed by atoms with Crippen molar-refractivity contribution in [1.82, 2.24) is 0 Å². The molecule has 0 spiro atoms. The van der Waals surface area contributed by atoms with Gasteiger partial charge >= 0.3 is 0 Å². The van der Waals surface area contributed by atoms with Gasteiger partial charge in [0.15, 0.2) is 0 Å². The lowest BCUT2D eigenvalue weighted by molar-refractivity contribution is 0.303. The molecule has 1 fully saturated rings. The highest BCUT2D eigenvalue weighted by atomic mass is 79.9. The summed E-state index contributed by atoms with van der Waals surface area (Å²) in [5.41, 5.74) is 8.51. The average molecular weight is 403 g/mol. The van der Waals surface area contributed by atoms with E-state index in [-0.39, 0.29) is 6.04 Å². The predicted molar refractivity (Wildman–Crippen MR) is 85.8 cm³/mol. The van der Waals surface area contributed by atoms with Crippen LogP contribution in [0.25, 0.3) is 0 Å². The summed E-state index contributed by atoms with van der Waals surface area (Å²) >= 11 is 8.68. The first kappa shape index (κ1) is 13.6. The van der Waals surface area contributed by atoms with Crippen LogP contribution in [0.2, 0.25) is 0 Å². The van der Waals surface area contributed by atoms with Crippen molar-refractivity contribution in [3.8, 4) is 5.75 Å². The van der Waals surface area contributed by atoms with Gasteiger partial charge in [-0.2, -0.15) is 0 Å². The van der Waals surface area contributed by atoms with Gasteiger partial charge in [0.1, 0.15) is 5.75 Å². The molecule has 0 saturated heterocycles. The SMILES string of the molecule is NC(c1ccc(OC2CC2)cc1)c1cc(Br)sc1Br. The molecule has 0 radical (unpaired) electrons. The van der Waals surface area contributed by atoms with E-state index in [0.29, 0.717) is 6.10 Å². The molecular formula is C14H13Br2NOS. The molecule has 100 valence electrons. The predicted octanol–water partition coefficient (Wildman–Crippen LogP) is 4.86. The van der Waals surface area contributed by atoms with Crippen molar-refractivity contribution >= 4 is 43.2 Å². The van der Waals surface area contributed by atoms with Crippen LogP contribution in [-0.2, 0) is 0 Å². The van der Waals surface area contributed by atoms with Gasteiger partial charge in [0, 0.05) is 0 Å². The first-order valence-corrected chi connectivity index (χ1v) is 8.50. The number of halogens is 2. The van der Waals surface area contributed by atoms with Crippen LogP contribution >= 0.6 is 43.2 Å². The molecule has 1 aromatic carbocycles. The van der Waals surface area contributed by atoms with Crippen LogP contribution in [0, 0.1) is 0 Å². The van der Waals surface area contributed by atoms with Gasteiger partial charge in [-0.05, 0) is 74.0 Å². The highest BCUT2D eigenvalue weighted by molar-refractivity contribution is 9.12. The third-order valence-electron chi connectivity index (χ3n) is 3.08.